The molecule has 40 heavy (non-hydrogen) atoms. The van der Waals surface area contributed by atoms with Crippen molar-refractivity contribution in [1.29, 1.82) is 0 Å². The Morgan fingerprint density at radius 2 is 1.90 bits per heavy atom. The predicted molar refractivity (Wildman–Crippen MR) is 141 cm³/mol. The summed E-state index contributed by atoms with van der Waals surface area (Å²) in [5.41, 5.74) is 2.46. The zero-order valence-corrected chi connectivity index (χ0v) is 21.7. The fourth-order valence-electron chi connectivity index (χ4n) is 6.25. The number of aliphatic hydroxyl groups is 3. The second-order valence-corrected chi connectivity index (χ2v) is 10.5. The van der Waals surface area contributed by atoms with Crippen molar-refractivity contribution >= 4 is 34.7 Å². The van der Waals surface area contributed by atoms with Crippen LogP contribution < -0.4 is 11.1 Å². The Bertz CT molecular complexity index is 1530. The highest BCUT2D eigenvalue weighted by molar-refractivity contribution is 6.24. The molecular formula is C28H28N4O8. The van der Waals surface area contributed by atoms with E-state index in [0.717, 1.165) is 0 Å². The number of amides is 1. The average Bonchev–Trinajstić information content (AvgIpc) is 2.89. The standard InChI is InChI=1S/C28H28N4O8/c1-32(2)22-16-9-12-8-15-14(18(34)11-31-13-4-3-7-30-10-13)5-6-17(33)20(15)23(35)19(12)25(37)28(16,40)26(38)21(24(22)36)27(29)39/h3-7,10,12,16,22,31,33,35,38,40H,8-9,11H2,1-2H3,(H2,29,39)/t12-,16-,22-,28-/m0/s1. The van der Waals surface area contributed by atoms with E-state index in [1.54, 1.807) is 24.5 Å². The highest BCUT2D eigenvalue weighted by Crippen LogP contribution is 2.52. The molecule has 0 radical (unpaired) electrons. The summed E-state index contributed by atoms with van der Waals surface area (Å²) < 4.78 is 0. The Morgan fingerprint density at radius 3 is 2.52 bits per heavy atom. The number of benzene rings is 1. The number of rotatable bonds is 6. The van der Waals surface area contributed by atoms with Crippen molar-refractivity contribution in [2.24, 2.45) is 17.6 Å². The summed E-state index contributed by atoms with van der Waals surface area (Å²) in [5, 5.41) is 47.5. The Morgan fingerprint density at radius 1 is 1.18 bits per heavy atom. The number of aromatic hydroxyl groups is 1. The van der Waals surface area contributed by atoms with Gasteiger partial charge in [-0.05, 0) is 62.7 Å². The van der Waals surface area contributed by atoms with Gasteiger partial charge in [0.25, 0.3) is 5.91 Å². The number of primary amides is 1. The number of hydrogen-bond acceptors (Lipinski definition) is 11. The number of phenols is 1. The van der Waals surface area contributed by atoms with Crippen LogP contribution in [-0.4, -0.2) is 85.8 Å². The Balaban J connectivity index is 1.61. The number of Topliss-reactive ketones (excluding diaryl/α,β-unsaturated/α-hetero) is 3. The third-order valence-corrected chi connectivity index (χ3v) is 8.02. The van der Waals surface area contributed by atoms with Gasteiger partial charge in [-0.25, -0.2) is 0 Å². The minimum atomic E-state index is -2.72. The van der Waals surface area contributed by atoms with Crippen LogP contribution in [0.15, 0.2) is 53.6 Å². The number of phenolic OH excluding ortho intramolecular Hbond substituents is 1. The number of likely N-dealkylation sites (N-methyl/N-ethyl adjacent to an activating group) is 1. The molecule has 0 spiro atoms. The Labute approximate surface area is 228 Å². The van der Waals surface area contributed by atoms with Crippen molar-refractivity contribution in [1.82, 2.24) is 9.88 Å². The van der Waals surface area contributed by atoms with Crippen molar-refractivity contribution in [3.05, 3.63) is 70.3 Å². The molecule has 12 heteroatoms. The first-order valence-corrected chi connectivity index (χ1v) is 12.6. The molecule has 1 aromatic carbocycles. The summed E-state index contributed by atoms with van der Waals surface area (Å²) in [6.07, 6.45) is 3.10. The van der Waals surface area contributed by atoms with E-state index in [0.29, 0.717) is 11.3 Å². The average molecular weight is 549 g/mol. The summed E-state index contributed by atoms with van der Waals surface area (Å²) in [7, 11) is 3.05. The zero-order valence-electron chi connectivity index (χ0n) is 21.7. The molecule has 1 heterocycles. The van der Waals surface area contributed by atoms with Gasteiger partial charge in [-0.3, -0.25) is 29.1 Å². The number of nitrogens with two attached hydrogens (primary N) is 1. The SMILES string of the molecule is CN(C)[C@@H]1C(=O)C(C(N)=O)=C(O)[C@@]2(O)C(=O)C3=C(O)c4c(O)ccc(C(=O)CNc5cccnc5)c4C[C@H]3C[C@@H]12. The van der Waals surface area contributed by atoms with E-state index >= 15 is 0 Å². The number of anilines is 1. The first-order valence-electron chi connectivity index (χ1n) is 12.6. The number of nitrogens with zero attached hydrogens (tertiary/aromatic N) is 2. The minimum absolute atomic E-state index is 0.0247. The fourth-order valence-corrected chi connectivity index (χ4v) is 6.25. The third kappa shape index (κ3) is 3.87. The van der Waals surface area contributed by atoms with Crippen molar-refractivity contribution in [2.45, 2.75) is 24.5 Å². The first-order chi connectivity index (χ1) is 18.9. The normalized spacial score (nSPS) is 25.9. The van der Waals surface area contributed by atoms with Crippen molar-refractivity contribution in [3.63, 3.8) is 0 Å². The van der Waals surface area contributed by atoms with Crippen LogP contribution >= 0.6 is 0 Å². The van der Waals surface area contributed by atoms with E-state index in [1.165, 1.54) is 31.1 Å². The summed E-state index contributed by atoms with van der Waals surface area (Å²) in [4.78, 5) is 57.8. The van der Waals surface area contributed by atoms with Crippen molar-refractivity contribution in [2.75, 3.05) is 26.0 Å². The maximum absolute atomic E-state index is 13.9. The molecule has 3 aliphatic carbocycles. The van der Waals surface area contributed by atoms with Gasteiger partial charge in [-0.1, -0.05) is 0 Å². The smallest absolute Gasteiger partial charge is 0.255 e. The number of nitrogens with one attached hydrogen (secondary N) is 1. The van der Waals surface area contributed by atoms with Crippen LogP contribution in [0.25, 0.3) is 5.76 Å². The van der Waals surface area contributed by atoms with Gasteiger partial charge in [-0.15, -0.1) is 0 Å². The lowest BCUT2D eigenvalue weighted by Crippen LogP contribution is -2.65. The largest absolute Gasteiger partial charge is 0.508 e. The molecule has 0 saturated heterocycles. The van der Waals surface area contributed by atoms with Crippen molar-refractivity contribution < 1.29 is 39.6 Å². The second kappa shape index (κ2) is 9.57. The van der Waals surface area contributed by atoms with E-state index < -0.39 is 58.0 Å². The predicted octanol–water partition coefficient (Wildman–Crippen LogP) is 0.654. The van der Waals surface area contributed by atoms with E-state index in [4.69, 9.17) is 5.73 Å². The molecule has 1 aromatic heterocycles. The molecule has 0 unspecified atom stereocenters. The Kier molecular flexibility index (Phi) is 6.47. The van der Waals surface area contributed by atoms with Gasteiger partial charge in [0.15, 0.2) is 17.2 Å². The molecule has 12 nitrogen and oxygen atoms in total. The number of aromatic nitrogens is 1. The van der Waals surface area contributed by atoms with Gasteiger partial charge in [-0.2, -0.15) is 0 Å². The molecule has 7 N–H and O–H groups in total. The van der Waals surface area contributed by atoms with Crippen LogP contribution in [0, 0.1) is 11.8 Å². The molecule has 2 aromatic rings. The van der Waals surface area contributed by atoms with E-state index in [1.807, 2.05) is 0 Å². The molecule has 1 fully saturated rings. The molecule has 3 aliphatic rings. The van der Waals surface area contributed by atoms with Gasteiger partial charge >= 0.3 is 0 Å². The second-order valence-electron chi connectivity index (χ2n) is 10.5. The van der Waals surface area contributed by atoms with E-state index in [-0.39, 0.29) is 47.6 Å². The number of carbonyl (C=O) groups excluding carboxylic acids is 4. The maximum Gasteiger partial charge on any atom is 0.255 e. The van der Waals surface area contributed by atoms with E-state index in [9.17, 15) is 39.6 Å². The number of fused-ring (bicyclic) bond motifs is 3. The van der Waals surface area contributed by atoms with Crippen LogP contribution in [0.1, 0.15) is 27.9 Å². The molecule has 1 saturated carbocycles. The highest BCUT2D eigenvalue weighted by atomic mass is 16.3. The number of pyridine rings is 1. The highest BCUT2D eigenvalue weighted by Gasteiger charge is 2.64. The zero-order chi connectivity index (χ0) is 29.1. The number of carbonyl (C=O) groups is 4. The molecule has 0 bridgehead atoms. The van der Waals surface area contributed by atoms with Gasteiger partial charge in [0.2, 0.25) is 5.78 Å². The molecule has 5 rings (SSSR count). The lowest BCUT2D eigenvalue weighted by molar-refractivity contribution is -0.153. The van der Waals surface area contributed by atoms with Crippen LogP contribution in [-0.2, 0) is 20.8 Å². The Hall–Kier alpha value is -4.55. The molecule has 4 atom stereocenters. The number of hydrogen-bond donors (Lipinski definition) is 6. The molecular weight excluding hydrogens is 520 g/mol. The fraction of sp³-hybridized carbons (Fsp3) is 0.321. The van der Waals surface area contributed by atoms with Gasteiger partial charge < -0.3 is 31.5 Å². The van der Waals surface area contributed by atoms with Crippen molar-refractivity contribution in [3.8, 4) is 5.75 Å². The monoisotopic (exact) mass is 548 g/mol. The maximum atomic E-state index is 13.9. The quantitative estimate of drug-likeness (QED) is 0.218. The number of aliphatic hydroxyl groups excluding tert-OH is 2. The van der Waals surface area contributed by atoms with E-state index in [2.05, 4.69) is 10.3 Å². The summed E-state index contributed by atoms with van der Waals surface area (Å²) in [6.45, 7) is -0.113. The third-order valence-electron chi connectivity index (χ3n) is 8.02. The molecule has 208 valence electrons. The minimum Gasteiger partial charge on any atom is -0.508 e. The van der Waals surface area contributed by atoms with Crippen LogP contribution in [0.4, 0.5) is 5.69 Å². The summed E-state index contributed by atoms with van der Waals surface area (Å²) in [5.74, 6) is -7.76. The van der Waals surface area contributed by atoms with Crippen LogP contribution in [0.2, 0.25) is 0 Å². The van der Waals surface area contributed by atoms with Crippen LogP contribution in [0.5, 0.6) is 5.75 Å². The molecule has 0 aliphatic heterocycles. The summed E-state index contributed by atoms with van der Waals surface area (Å²) >= 11 is 0. The first kappa shape index (κ1) is 27.0. The van der Waals surface area contributed by atoms with Gasteiger partial charge in [0.05, 0.1) is 23.8 Å². The van der Waals surface area contributed by atoms with Gasteiger partial charge in [0.1, 0.15) is 22.8 Å². The summed E-state index contributed by atoms with van der Waals surface area (Å²) in [6, 6.07) is 4.91. The lowest BCUT2D eigenvalue weighted by Gasteiger charge is -2.50. The van der Waals surface area contributed by atoms with Crippen LogP contribution in [0.3, 0.4) is 0 Å². The molecule has 1 amide bonds. The number of ketones is 3. The lowest BCUT2D eigenvalue weighted by atomic mass is 9.57. The topological polar surface area (TPSA) is 203 Å². The van der Waals surface area contributed by atoms with Gasteiger partial charge in [0, 0.05) is 29.4 Å².